The van der Waals surface area contributed by atoms with Crippen LogP contribution in [0.15, 0.2) is 48.5 Å². The molecule has 3 rings (SSSR count). The molecule has 3 aromatic carbocycles. The van der Waals surface area contributed by atoms with E-state index in [-0.39, 0.29) is 5.41 Å². The van der Waals surface area contributed by atoms with Crippen molar-refractivity contribution in [3.63, 3.8) is 0 Å². The number of carbonyl (C=O) groups is 1. The van der Waals surface area contributed by atoms with Crippen LogP contribution < -0.4 is 0 Å². The Kier molecular flexibility index (Phi) is 7.69. The second kappa shape index (κ2) is 9.64. The minimum absolute atomic E-state index is 0.197. The molecule has 1 atom stereocenters. The zero-order chi connectivity index (χ0) is 22.6. The van der Waals surface area contributed by atoms with Gasteiger partial charge in [0.15, 0.2) is 0 Å². The van der Waals surface area contributed by atoms with Crippen LogP contribution in [0.1, 0.15) is 83.7 Å². The zero-order valence-electron chi connectivity index (χ0n) is 19.9. The molecule has 0 radical (unpaired) electrons. The summed E-state index contributed by atoms with van der Waals surface area (Å²) < 4.78 is 0. The lowest BCUT2D eigenvalue weighted by Crippen LogP contribution is -2.24. The molecule has 0 heterocycles. The molecule has 0 fully saturated rings. The molecule has 1 N–H and O–H groups in total. The minimum atomic E-state index is -0.865. The molecular formula is C28H38O2. The molecule has 2 nitrogen and oxygen atoms in total. The Hall–Kier alpha value is -2.35. The third-order valence-electron chi connectivity index (χ3n) is 6.66. The van der Waals surface area contributed by atoms with Gasteiger partial charge in [-0.25, -0.2) is 4.79 Å². The van der Waals surface area contributed by atoms with Crippen LogP contribution in [0.2, 0.25) is 0 Å². The van der Waals surface area contributed by atoms with Gasteiger partial charge in [0.25, 0.3) is 0 Å². The molecule has 30 heavy (non-hydrogen) atoms. The van der Waals surface area contributed by atoms with E-state index in [0.717, 1.165) is 22.6 Å². The smallest absolute Gasteiger partial charge is 0.336 e. The van der Waals surface area contributed by atoms with Gasteiger partial charge in [-0.1, -0.05) is 91.8 Å². The van der Waals surface area contributed by atoms with Crippen molar-refractivity contribution in [3.05, 3.63) is 59.7 Å². The Morgan fingerprint density at radius 1 is 0.900 bits per heavy atom. The Morgan fingerprint density at radius 2 is 1.50 bits per heavy atom. The molecule has 0 aliphatic carbocycles. The minimum Gasteiger partial charge on any atom is -0.478 e. The van der Waals surface area contributed by atoms with Crippen LogP contribution in [-0.4, -0.2) is 11.1 Å². The van der Waals surface area contributed by atoms with Crippen LogP contribution in [0.25, 0.3) is 21.5 Å². The monoisotopic (exact) mass is 406 g/mol. The van der Waals surface area contributed by atoms with Gasteiger partial charge in [-0.3, -0.25) is 0 Å². The molecule has 0 spiro atoms. The van der Waals surface area contributed by atoms with Gasteiger partial charge in [-0.05, 0) is 68.8 Å². The van der Waals surface area contributed by atoms with E-state index in [1.165, 1.54) is 10.9 Å². The standard InChI is InChI=1S/C26H32O2.C2H6/c1-16(2)23(15-26(5,6)17(3)4)24-19-11-8-7-10-18(19)14-22-20(24)12-9-13-21(22)25(27)28;1-2/h7-14,16-17,23H,15H2,1-6H3,(H,27,28);1-2H3. The summed E-state index contributed by atoms with van der Waals surface area (Å²) in [5, 5.41) is 14.0. The summed E-state index contributed by atoms with van der Waals surface area (Å²) in [4.78, 5) is 11.9. The van der Waals surface area contributed by atoms with Crippen molar-refractivity contribution in [1.29, 1.82) is 0 Å². The SMILES string of the molecule is CC.CC(C)C(CC(C)(C)C(C)C)c1c2ccccc2cc2c(C(=O)O)cccc12. The molecule has 0 aromatic heterocycles. The fourth-order valence-corrected chi connectivity index (χ4v) is 4.18. The van der Waals surface area contributed by atoms with Gasteiger partial charge in [-0.15, -0.1) is 0 Å². The lowest BCUT2D eigenvalue weighted by atomic mass is 9.68. The maximum absolute atomic E-state index is 11.9. The third kappa shape index (κ3) is 4.69. The highest BCUT2D eigenvalue weighted by atomic mass is 16.4. The number of carboxylic acid groups (broad SMARTS) is 1. The molecule has 0 amide bonds. The van der Waals surface area contributed by atoms with E-state index in [9.17, 15) is 9.90 Å². The van der Waals surface area contributed by atoms with E-state index in [4.69, 9.17) is 0 Å². The number of fused-ring (bicyclic) bond motifs is 2. The third-order valence-corrected chi connectivity index (χ3v) is 6.66. The average molecular weight is 407 g/mol. The van der Waals surface area contributed by atoms with E-state index in [2.05, 4.69) is 65.8 Å². The van der Waals surface area contributed by atoms with E-state index in [0.29, 0.717) is 23.3 Å². The summed E-state index contributed by atoms with van der Waals surface area (Å²) in [6, 6.07) is 16.1. The first-order chi connectivity index (χ1) is 14.1. The topological polar surface area (TPSA) is 37.3 Å². The van der Waals surface area contributed by atoms with E-state index < -0.39 is 5.97 Å². The number of benzene rings is 3. The second-order valence-corrected chi connectivity index (χ2v) is 9.42. The summed E-state index contributed by atoms with van der Waals surface area (Å²) in [5.41, 5.74) is 1.89. The lowest BCUT2D eigenvalue weighted by molar-refractivity contribution is 0.0699. The fraction of sp³-hybridized carbons (Fsp3) is 0.464. The Bertz CT molecular complexity index is 1010. The van der Waals surface area contributed by atoms with E-state index in [1.807, 2.05) is 32.0 Å². The zero-order valence-corrected chi connectivity index (χ0v) is 19.9. The maximum atomic E-state index is 11.9. The highest BCUT2D eigenvalue weighted by Gasteiger charge is 2.31. The van der Waals surface area contributed by atoms with Crippen LogP contribution in [0.5, 0.6) is 0 Å². The molecule has 0 aliphatic rings. The van der Waals surface area contributed by atoms with Crippen molar-refractivity contribution < 1.29 is 9.90 Å². The van der Waals surface area contributed by atoms with Gasteiger partial charge in [-0.2, -0.15) is 0 Å². The first kappa shape index (κ1) is 23.9. The summed E-state index contributed by atoms with van der Waals surface area (Å²) in [6.45, 7) is 17.9. The number of rotatable bonds is 6. The van der Waals surface area contributed by atoms with Crippen LogP contribution >= 0.6 is 0 Å². The maximum Gasteiger partial charge on any atom is 0.336 e. The van der Waals surface area contributed by atoms with E-state index in [1.54, 1.807) is 6.07 Å². The Morgan fingerprint density at radius 3 is 2.07 bits per heavy atom. The number of aromatic carboxylic acids is 1. The predicted octanol–water partition coefficient (Wildman–Crippen LogP) is 8.53. The molecule has 0 aliphatic heterocycles. The van der Waals surface area contributed by atoms with Gasteiger partial charge in [0.2, 0.25) is 0 Å². The van der Waals surface area contributed by atoms with Crippen molar-refractivity contribution in [2.45, 2.75) is 67.7 Å². The Balaban J connectivity index is 0.00000155. The van der Waals surface area contributed by atoms with Gasteiger partial charge in [0, 0.05) is 0 Å². The molecule has 0 saturated heterocycles. The molecule has 1 unspecified atom stereocenters. The highest BCUT2D eigenvalue weighted by molar-refractivity contribution is 6.10. The van der Waals surface area contributed by atoms with Crippen molar-refractivity contribution in [2.75, 3.05) is 0 Å². The summed E-state index contributed by atoms with van der Waals surface area (Å²) in [6.07, 6.45) is 1.07. The van der Waals surface area contributed by atoms with Crippen molar-refractivity contribution in [3.8, 4) is 0 Å². The van der Waals surface area contributed by atoms with Crippen LogP contribution in [0, 0.1) is 17.3 Å². The number of hydrogen-bond donors (Lipinski definition) is 1. The highest BCUT2D eigenvalue weighted by Crippen LogP contribution is 2.45. The lowest BCUT2D eigenvalue weighted by Gasteiger charge is -2.36. The average Bonchev–Trinajstić information content (AvgIpc) is 2.71. The van der Waals surface area contributed by atoms with Crippen LogP contribution in [0.4, 0.5) is 0 Å². The summed E-state index contributed by atoms with van der Waals surface area (Å²) >= 11 is 0. The molecule has 0 bridgehead atoms. The van der Waals surface area contributed by atoms with Gasteiger partial charge in [0.05, 0.1) is 5.56 Å². The van der Waals surface area contributed by atoms with Crippen LogP contribution in [0.3, 0.4) is 0 Å². The van der Waals surface area contributed by atoms with Crippen molar-refractivity contribution in [1.82, 2.24) is 0 Å². The fourth-order valence-electron chi connectivity index (χ4n) is 4.18. The van der Waals surface area contributed by atoms with Gasteiger partial charge < -0.3 is 5.11 Å². The predicted molar refractivity (Wildman–Crippen MR) is 131 cm³/mol. The van der Waals surface area contributed by atoms with Gasteiger partial charge in [0.1, 0.15) is 0 Å². The second-order valence-electron chi connectivity index (χ2n) is 9.42. The van der Waals surface area contributed by atoms with Crippen molar-refractivity contribution >= 4 is 27.5 Å². The quantitative estimate of drug-likeness (QED) is 0.416. The molecule has 2 heteroatoms. The van der Waals surface area contributed by atoms with Gasteiger partial charge >= 0.3 is 5.97 Å². The largest absolute Gasteiger partial charge is 0.478 e. The normalized spacial score (nSPS) is 12.9. The molecular weight excluding hydrogens is 368 g/mol. The van der Waals surface area contributed by atoms with E-state index >= 15 is 0 Å². The first-order valence-electron chi connectivity index (χ1n) is 11.3. The molecule has 162 valence electrons. The summed E-state index contributed by atoms with van der Waals surface area (Å²) in [5.74, 6) is 0.524. The Labute approximate surface area is 182 Å². The number of carboxylic acids is 1. The van der Waals surface area contributed by atoms with Crippen molar-refractivity contribution in [2.24, 2.45) is 17.3 Å². The first-order valence-corrected chi connectivity index (χ1v) is 11.3. The number of hydrogen-bond acceptors (Lipinski definition) is 1. The summed E-state index contributed by atoms with van der Waals surface area (Å²) in [7, 11) is 0. The van der Waals surface area contributed by atoms with Crippen LogP contribution in [-0.2, 0) is 0 Å². The molecule has 0 saturated carbocycles. The molecule has 3 aromatic rings.